The van der Waals surface area contributed by atoms with E-state index in [0.29, 0.717) is 29.7 Å². The summed E-state index contributed by atoms with van der Waals surface area (Å²) in [6, 6.07) is 7.51. The van der Waals surface area contributed by atoms with Crippen LogP contribution in [0.1, 0.15) is 58.8 Å². The van der Waals surface area contributed by atoms with Crippen LogP contribution in [0.4, 0.5) is 0 Å². The van der Waals surface area contributed by atoms with Crippen LogP contribution in [0.25, 0.3) is 10.9 Å². The van der Waals surface area contributed by atoms with E-state index in [-0.39, 0.29) is 41.9 Å². The Labute approximate surface area is 171 Å². The standard InChI is InChI=1S/C22H30N4O3/c1-5-25(14-19(27)24-22(2,3)4)20(28)13-12-18-23-17-9-7-6-8-16(17)21(29)26(18)15-10-11-15/h6-9,15H,5,10-14H2,1-4H3,(H,24,27). The average molecular weight is 399 g/mol. The van der Waals surface area contributed by atoms with Crippen molar-refractivity contribution in [1.82, 2.24) is 19.8 Å². The predicted octanol–water partition coefficient (Wildman–Crippen LogP) is 2.43. The molecule has 1 aromatic heterocycles. The van der Waals surface area contributed by atoms with Gasteiger partial charge in [0.2, 0.25) is 11.8 Å². The topological polar surface area (TPSA) is 84.3 Å². The number of hydrogen-bond donors (Lipinski definition) is 1. The first-order valence-electron chi connectivity index (χ1n) is 10.3. The summed E-state index contributed by atoms with van der Waals surface area (Å²) in [5.41, 5.74) is 0.292. The summed E-state index contributed by atoms with van der Waals surface area (Å²) in [4.78, 5) is 44.0. The van der Waals surface area contributed by atoms with Crippen LogP contribution in [0.3, 0.4) is 0 Å². The molecule has 1 N–H and O–H groups in total. The Morgan fingerprint density at radius 2 is 1.93 bits per heavy atom. The molecule has 1 fully saturated rings. The van der Waals surface area contributed by atoms with Crippen LogP contribution in [-0.4, -0.2) is 44.9 Å². The van der Waals surface area contributed by atoms with Crippen molar-refractivity contribution < 1.29 is 9.59 Å². The van der Waals surface area contributed by atoms with E-state index in [1.54, 1.807) is 15.5 Å². The smallest absolute Gasteiger partial charge is 0.261 e. The minimum Gasteiger partial charge on any atom is -0.350 e. The molecular formula is C22H30N4O3. The van der Waals surface area contributed by atoms with Gasteiger partial charge in [-0.3, -0.25) is 19.0 Å². The summed E-state index contributed by atoms with van der Waals surface area (Å²) in [6.45, 7) is 8.07. The molecule has 1 aliphatic carbocycles. The third kappa shape index (κ3) is 5.22. The number of para-hydroxylation sites is 1. The summed E-state index contributed by atoms with van der Waals surface area (Å²) in [7, 11) is 0. The van der Waals surface area contributed by atoms with Crippen molar-refractivity contribution in [3.8, 4) is 0 Å². The van der Waals surface area contributed by atoms with Gasteiger partial charge in [0.05, 0.1) is 17.4 Å². The van der Waals surface area contributed by atoms with Gasteiger partial charge in [0.15, 0.2) is 0 Å². The maximum Gasteiger partial charge on any atom is 0.261 e. The first-order chi connectivity index (χ1) is 13.7. The number of likely N-dealkylation sites (N-methyl/N-ethyl adjacent to an activating group) is 1. The first kappa shape index (κ1) is 21.0. The molecule has 7 heteroatoms. The van der Waals surface area contributed by atoms with Crippen LogP contribution in [-0.2, 0) is 16.0 Å². The number of aryl methyl sites for hydroxylation is 1. The van der Waals surface area contributed by atoms with Crippen molar-refractivity contribution in [1.29, 1.82) is 0 Å². The highest BCUT2D eigenvalue weighted by atomic mass is 16.2. The van der Waals surface area contributed by atoms with E-state index in [1.165, 1.54) is 0 Å². The highest BCUT2D eigenvalue weighted by Crippen LogP contribution is 2.34. The summed E-state index contributed by atoms with van der Waals surface area (Å²) >= 11 is 0. The normalized spacial score (nSPS) is 14.1. The Hall–Kier alpha value is -2.70. The zero-order valence-corrected chi connectivity index (χ0v) is 17.7. The third-order valence-electron chi connectivity index (χ3n) is 4.94. The SMILES string of the molecule is CCN(CC(=O)NC(C)(C)C)C(=O)CCc1nc2ccccc2c(=O)n1C1CC1. The van der Waals surface area contributed by atoms with E-state index in [4.69, 9.17) is 0 Å². The lowest BCUT2D eigenvalue weighted by Crippen LogP contribution is -2.47. The fraction of sp³-hybridized carbons (Fsp3) is 0.545. The predicted molar refractivity (Wildman–Crippen MR) is 113 cm³/mol. The number of fused-ring (bicyclic) bond motifs is 1. The lowest BCUT2D eigenvalue weighted by molar-refractivity contribution is -0.136. The molecule has 7 nitrogen and oxygen atoms in total. The molecule has 0 atom stereocenters. The number of amides is 2. The monoisotopic (exact) mass is 398 g/mol. The van der Waals surface area contributed by atoms with Crippen LogP contribution >= 0.6 is 0 Å². The summed E-state index contributed by atoms with van der Waals surface area (Å²) in [5.74, 6) is 0.368. The van der Waals surface area contributed by atoms with Gasteiger partial charge >= 0.3 is 0 Å². The second-order valence-electron chi connectivity index (χ2n) is 8.66. The van der Waals surface area contributed by atoms with Gasteiger partial charge in [-0.2, -0.15) is 0 Å². The van der Waals surface area contributed by atoms with Gasteiger partial charge < -0.3 is 10.2 Å². The number of aromatic nitrogens is 2. The Bertz CT molecular complexity index is 970. The molecule has 0 saturated heterocycles. The fourth-order valence-corrected chi connectivity index (χ4v) is 3.46. The largest absolute Gasteiger partial charge is 0.350 e. The number of rotatable bonds is 7. The van der Waals surface area contributed by atoms with E-state index in [1.807, 2.05) is 45.9 Å². The quantitative estimate of drug-likeness (QED) is 0.776. The van der Waals surface area contributed by atoms with Gasteiger partial charge in [0.1, 0.15) is 5.82 Å². The number of nitrogens with one attached hydrogen (secondary N) is 1. The van der Waals surface area contributed by atoms with Crippen LogP contribution in [0.2, 0.25) is 0 Å². The van der Waals surface area contributed by atoms with E-state index >= 15 is 0 Å². The number of hydrogen-bond acceptors (Lipinski definition) is 4. The molecule has 3 rings (SSSR count). The summed E-state index contributed by atoms with van der Waals surface area (Å²) < 4.78 is 1.76. The Balaban J connectivity index is 1.74. The van der Waals surface area contributed by atoms with E-state index in [2.05, 4.69) is 10.3 Å². The van der Waals surface area contributed by atoms with Crippen molar-refractivity contribution in [3.05, 3.63) is 40.4 Å². The van der Waals surface area contributed by atoms with Crippen molar-refractivity contribution in [2.24, 2.45) is 0 Å². The minimum atomic E-state index is -0.338. The molecular weight excluding hydrogens is 368 g/mol. The molecule has 0 radical (unpaired) electrons. The molecule has 1 heterocycles. The molecule has 0 aliphatic heterocycles. The first-order valence-corrected chi connectivity index (χ1v) is 10.3. The number of nitrogens with zero attached hydrogens (tertiary/aromatic N) is 3. The van der Waals surface area contributed by atoms with Crippen molar-refractivity contribution in [2.75, 3.05) is 13.1 Å². The third-order valence-corrected chi connectivity index (χ3v) is 4.94. The van der Waals surface area contributed by atoms with E-state index in [9.17, 15) is 14.4 Å². The van der Waals surface area contributed by atoms with Gasteiger partial charge in [-0.1, -0.05) is 12.1 Å². The van der Waals surface area contributed by atoms with Gasteiger partial charge in [-0.15, -0.1) is 0 Å². The number of carbonyl (C=O) groups excluding carboxylic acids is 2. The van der Waals surface area contributed by atoms with Crippen LogP contribution in [0.5, 0.6) is 0 Å². The lowest BCUT2D eigenvalue weighted by Gasteiger charge is -2.25. The molecule has 0 bridgehead atoms. The highest BCUT2D eigenvalue weighted by Gasteiger charge is 2.28. The lowest BCUT2D eigenvalue weighted by atomic mass is 10.1. The van der Waals surface area contributed by atoms with Crippen LogP contribution in [0.15, 0.2) is 29.1 Å². The Morgan fingerprint density at radius 3 is 2.55 bits per heavy atom. The molecule has 29 heavy (non-hydrogen) atoms. The highest BCUT2D eigenvalue weighted by molar-refractivity contribution is 5.85. The van der Waals surface area contributed by atoms with Crippen molar-refractivity contribution in [2.45, 2.75) is 65.0 Å². The number of carbonyl (C=O) groups is 2. The molecule has 0 unspecified atom stereocenters. The Kier molecular flexibility index (Phi) is 6.05. The maximum absolute atomic E-state index is 12.9. The van der Waals surface area contributed by atoms with Crippen molar-refractivity contribution in [3.63, 3.8) is 0 Å². The minimum absolute atomic E-state index is 0.0301. The van der Waals surface area contributed by atoms with Crippen molar-refractivity contribution >= 4 is 22.7 Å². The molecule has 2 aromatic rings. The van der Waals surface area contributed by atoms with E-state index in [0.717, 1.165) is 12.8 Å². The van der Waals surface area contributed by atoms with Gasteiger partial charge in [0.25, 0.3) is 5.56 Å². The molecule has 156 valence electrons. The Morgan fingerprint density at radius 1 is 1.24 bits per heavy atom. The zero-order valence-electron chi connectivity index (χ0n) is 17.7. The maximum atomic E-state index is 12.9. The average Bonchev–Trinajstić information content (AvgIpc) is 3.47. The molecule has 0 spiro atoms. The van der Waals surface area contributed by atoms with E-state index < -0.39 is 0 Å². The van der Waals surface area contributed by atoms with Crippen LogP contribution < -0.4 is 10.9 Å². The molecule has 2 amide bonds. The molecule has 1 aromatic carbocycles. The molecule has 1 saturated carbocycles. The fourth-order valence-electron chi connectivity index (χ4n) is 3.46. The number of benzene rings is 1. The van der Waals surface area contributed by atoms with Gasteiger partial charge in [-0.05, 0) is 52.7 Å². The zero-order chi connectivity index (χ0) is 21.2. The van der Waals surface area contributed by atoms with Crippen LogP contribution in [0, 0.1) is 0 Å². The second kappa shape index (κ2) is 8.35. The van der Waals surface area contributed by atoms with Gasteiger partial charge in [-0.25, -0.2) is 4.98 Å². The van der Waals surface area contributed by atoms with Gasteiger partial charge in [0, 0.05) is 31.0 Å². The summed E-state index contributed by atoms with van der Waals surface area (Å²) in [5, 5.41) is 3.50. The second-order valence-corrected chi connectivity index (χ2v) is 8.66. The summed E-state index contributed by atoms with van der Waals surface area (Å²) in [6.07, 6.45) is 2.53. The molecule has 1 aliphatic rings.